The molecule has 2 saturated heterocycles. The topological polar surface area (TPSA) is 85.0 Å². The van der Waals surface area contributed by atoms with E-state index in [4.69, 9.17) is 0 Å². The summed E-state index contributed by atoms with van der Waals surface area (Å²) in [5, 5.41) is 3.32. The summed E-state index contributed by atoms with van der Waals surface area (Å²) in [6, 6.07) is 12.4. The van der Waals surface area contributed by atoms with Crippen LogP contribution < -0.4 is 14.9 Å². The highest BCUT2D eigenvalue weighted by molar-refractivity contribution is 7.92. The molecule has 2 aliphatic rings. The van der Waals surface area contributed by atoms with Crippen molar-refractivity contribution in [3.05, 3.63) is 53.6 Å². The third-order valence-electron chi connectivity index (χ3n) is 6.51. The van der Waals surface area contributed by atoms with Crippen LogP contribution in [0.2, 0.25) is 0 Å². The minimum Gasteiger partial charge on any atom is -0.367 e. The van der Waals surface area contributed by atoms with E-state index in [0.717, 1.165) is 63.4 Å². The number of hydrogen-bond acceptors (Lipinski definition) is 6. The molecular formula is C25H35N5O3S. The third-order valence-corrected chi connectivity index (χ3v) is 7.89. The van der Waals surface area contributed by atoms with Crippen LogP contribution in [0.3, 0.4) is 0 Å². The van der Waals surface area contributed by atoms with Crippen molar-refractivity contribution in [2.24, 2.45) is 0 Å². The van der Waals surface area contributed by atoms with E-state index in [2.05, 4.69) is 26.8 Å². The highest BCUT2D eigenvalue weighted by Gasteiger charge is 2.24. The Balaban J connectivity index is 1.63. The van der Waals surface area contributed by atoms with Gasteiger partial charge in [0, 0.05) is 57.9 Å². The van der Waals surface area contributed by atoms with E-state index < -0.39 is 10.0 Å². The van der Waals surface area contributed by atoms with Gasteiger partial charge >= 0.3 is 0 Å². The number of nitrogens with one attached hydrogen (secondary N) is 2. The van der Waals surface area contributed by atoms with Gasteiger partial charge in [0.2, 0.25) is 0 Å². The molecule has 2 fully saturated rings. The number of benzene rings is 2. The van der Waals surface area contributed by atoms with Gasteiger partial charge in [0.25, 0.3) is 15.9 Å². The minimum absolute atomic E-state index is 0.0654. The molecule has 2 aromatic carbocycles. The van der Waals surface area contributed by atoms with Crippen LogP contribution in [-0.4, -0.2) is 83.5 Å². The quantitative estimate of drug-likeness (QED) is 0.626. The van der Waals surface area contributed by atoms with Gasteiger partial charge in [-0.05, 0) is 49.4 Å². The van der Waals surface area contributed by atoms with E-state index in [1.807, 2.05) is 36.2 Å². The van der Waals surface area contributed by atoms with Crippen LogP contribution in [-0.2, 0) is 16.4 Å². The average Bonchev–Trinajstić information content (AvgIpc) is 2.85. The monoisotopic (exact) mass is 485 g/mol. The van der Waals surface area contributed by atoms with Crippen molar-refractivity contribution in [3.8, 4) is 0 Å². The van der Waals surface area contributed by atoms with Crippen LogP contribution in [0.25, 0.3) is 0 Å². The number of nitrogens with zero attached hydrogens (tertiary/aromatic N) is 3. The zero-order valence-corrected chi connectivity index (χ0v) is 20.9. The first kappa shape index (κ1) is 24.5. The second-order valence-corrected chi connectivity index (χ2v) is 10.7. The third kappa shape index (κ3) is 5.71. The van der Waals surface area contributed by atoms with E-state index in [1.165, 1.54) is 0 Å². The van der Waals surface area contributed by atoms with Crippen molar-refractivity contribution < 1.29 is 13.2 Å². The van der Waals surface area contributed by atoms with Crippen molar-refractivity contribution in [2.45, 2.75) is 24.7 Å². The summed E-state index contributed by atoms with van der Waals surface area (Å²) in [7, 11) is -1.76. The fraction of sp³-hybridized carbons (Fsp3) is 0.480. The number of carbonyl (C=O) groups is 1. The zero-order chi connectivity index (χ0) is 24.1. The average molecular weight is 486 g/mol. The number of hydrogen-bond donors (Lipinski definition) is 2. The van der Waals surface area contributed by atoms with E-state index in [-0.39, 0.29) is 10.8 Å². The first-order chi connectivity index (χ1) is 16.4. The lowest BCUT2D eigenvalue weighted by atomic mass is 10.1. The Morgan fingerprint density at radius 2 is 1.65 bits per heavy atom. The van der Waals surface area contributed by atoms with Crippen LogP contribution in [0, 0.1) is 0 Å². The molecule has 0 aromatic heterocycles. The fourth-order valence-electron chi connectivity index (χ4n) is 4.45. The smallest absolute Gasteiger partial charge is 0.261 e. The second kappa shape index (κ2) is 10.8. The maximum atomic E-state index is 13.3. The van der Waals surface area contributed by atoms with E-state index in [0.29, 0.717) is 24.3 Å². The molecule has 2 aromatic rings. The van der Waals surface area contributed by atoms with Gasteiger partial charge in [-0.3, -0.25) is 9.52 Å². The Morgan fingerprint density at radius 3 is 2.29 bits per heavy atom. The number of amides is 1. The minimum atomic E-state index is -3.80. The van der Waals surface area contributed by atoms with Gasteiger partial charge in [-0.2, -0.15) is 0 Å². The molecule has 184 valence electrons. The molecule has 2 N–H and O–H groups in total. The highest BCUT2D eigenvalue weighted by Crippen LogP contribution is 2.30. The number of sulfonamides is 1. The first-order valence-corrected chi connectivity index (χ1v) is 13.5. The van der Waals surface area contributed by atoms with Crippen molar-refractivity contribution >= 4 is 27.3 Å². The Kier molecular flexibility index (Phi) is 7.75. The van der Waals surface area contributed by atoms with Crippen LogP contribution in [0.4, 0.5) is 11.4 Å². The Bertz CT molecular complexity index is 1090. The summed E-state index contributed by atoms with van der Waals surface area (Å²) in [6.45, 7) is 8.29. The number of rotatable bonds is 7. The predicted molar refractivity (Wildman–Crippen MR) is 136 cm³/mol. The maximum Gasteiger partial charge on any atom is 0.261 e. The fourth-order valence-corrected chi connectivity index (χ4v) is 5.52. The van der Waals surface area contributed by atoms with Gasteiger partial charge in [-0.15, -0.1) is 0 Å². The lowest BCUT2D eigenvalue weighted by Crippen LogP contribution is -2.47. The summed E-state index contributed by atoms with van der Waals surface area (Å²) >= 11 is 0. The summed E-state index contributed by atoms with van der Waals surface area (Å²) in [5.41, 5.74) is 2.85. The molecule has 2 heterocycles. The number of anilines is 2. The largest absolute Gasteiger partial charge is 0.367 e. The SMILES string of the molecule is CCCc1ccc(S(=O)(=O)Nc2cc(C(=O)N3CCN(C)CC3)ccc2N2CCNCC2)cc1. The van der Waals surface area contributed by atoms with Crippen molar-refractivity contribution in [1.82, 2.24) is 15.1 Å². The Labute approximate surface area is 203 Å². The lowest BCUT2D eigenvalue weighted by molar-refractivity contribution is 0.0664. The molecule has 1 amide bonds. The predicted octanol–water partition coefficient (Wildman–Crippen LogP) is 2.24. The first-order valence-electron chi connectivity index (χ1n) is 12.1. The molecule has 34 heavy (non-hydrogen) atoms. The molecule has 0 bridgehead atoms. The molecule has 0 aliphatic carbocycles. The van der Waals surface area contributed by atoms with Crippen LogP contribution >= 0.6 is 0 Å². The highest BCUT2D eigenvalue weighted by atomic mass is 32.2. The molecule has 0 radical (unpaired) electrons. The molecule has 4 rings (SSSR count). The van der Waals surface area contributed by atoms with E-state index in [9.17, 15) is 13.2 Å². The summed E-state index contributed by atoms with van der Waals surface area (Å²) in [5.74, 6) is -0.0654. The molecule has 2 aliphatic heterocycles. The number of piperazine rings is 2. The van der Waals surface area contributed by atoms with Gasteiger partial charge in [-0.25, -0.2) is 8.42 Å². The molecule has 0 unspecified atom stereocenters. The molecular weight excluding hydrogens is 450 g/mol. The van der Waals surface area contributed by atoms with Gasteiger partial charge < -0.3 is 20.0 Å². The summed E-state index contributed by atoms with van der Waals surface area (Å²) in [6.07, 6.45) is 1.92. The molecule has 8 nitrogen and oxygen atoms in total. The number of carbonyl (C=O) groups excluding carboxylic acids is 1. The molecule has 0 atom stereocenters. The number of likely N-dealkylation sites (N-methyl/N-ethyl adjacent to an activating group) is 1. The number of aryl methyl sites for hydroxylation is 1. The molecule has 0 saturated carbocycles. The van der Waals surface area contributed by atoms with Crippen molar-refractivity contribution in [1.29, 1.82) is 0 Å². The Morgan fingerprint density at radius 1 is 0.971 bits per heavy atom. The van der Waals surface area contributed by atoms with Crippen LogP contribution in [0.15, 0.2) is 47.4 Å². The molecule has 0 spiro atoms. The van der Waals surface area contributed by atoms with E-state index >= 15 is 0 Å². The summed E-state index contributed by atoms with van der Waals surface area (Å²) in [4.78, 5) is 19.6. The molecule has 9 heteroatoms. The van der Waals surface area contributed by atoms with Crippen LogP contribution in [0.1, 0.15) is 29.3 Å². The van der Waals surface area contributed by atoms with Crippen molar-refractivity contribution in [3.63, 3.8) is 0 Å². The van der Waals surface area contributed by atoms with Gasteiger partial charge in [0.15, 0.2) is 0 Å². The van der Waals surface area contributed by atoms with Crippen LogP contribution in [0.5, 0.6) is 0 Å². The maximum absolute atomic E-state index is 13.3. The lowest BCUT2D eigenvalue weighted by Gasteiger charge is -2.33. The second-order valence-electron chi connectivity index (χ2n) is 9.06. The van der Waals surface area contributed by atoms with Crippen molar-refractivity contribution in [2.75, 3.05) is 69.0 Å². The normalized spacial score (nSPS) is 17.6. The Hall–Kier alpha value is -2.62. The summed E-state index contributed by atoms with van der Waals surface area (Å²) < 4.78 is 29.4. The van der Waals surface area contributed by atoms with Gasteiger partial charge in [0.05, 0.1) is 16.3 Å². The zero-order valence-electron chi connectivity index (χ0n) is 20.1. The van der Waals surface area contributed by atoms with Gasteiger partial charge in [-0.1, -0.05) is 25.5 Å². The standard InChI is InChI=1S/C25H35N5O3S/c1-3-4-20-5-8-22(9-6-20)34(32,33)27-23-19-21(25(31)30-17-15-28(2)16-18-30)7-10-24(23)29-13-11-26-12-14-29/h5-10,19,26-27H,3-4,11-18H2,1-2H3. The van der Waals surface area contributed by atoms with E-state index in [1.54, 1.807) is 18.2 Å². The van der Waals surface area contributed by atoms with Gasteiger partial charge in [0.1, 0.15) is 0 Å².